The molecular weight excluding hydrogens is 286 g/mol. The average molecular weight is 302 g/mol. The first-order valence-corrected chi connectivity index (χ1v) is 7.31. The Morgan fingerprint density at radius 3 is 2.67 bits per heavy atom. The molecule has 2 aromatic carbocycles. The first-order valence-electron chi connectivity index (χ1n) is 6.93. The number of fused-ring (bicyclic) bond motifs is 1. The highest BCUT2D eigenvalue weighted by Gasteiger charge is 2.23. The third-order valence-electron chi connectivity index (χ3n) is 3.74. The summed E-state index contributed by atoms with van der Waals surface area (Å²) in [6.07, 6.45) is 1.91. The molecule has 0 N–H and O–H groups in total. The molecule has 2 aromatic rings. The number of aryl methyl sites for hydroxylation is 1. The van der Waals surface area contributed by atoms with Gasteiger partial charge in [-0.05, 0) is 60.9 Å². The molecule has 0 radical (unpaired) electrons. The van der Waals surface area contributed by atoms with E-state index >= 15 is 0 Å². The molecule has 3 nitrogen and oxygen atoms in total. The number of rotatable bonds is 2. The molecule has 0 saturated carbocycles. The van der Waals surface area contributed by atoms with Gasteiger partial charge in [-0.15, -0.1) is 0 Å². The summed E-state index contributed by atoms with van der Waals surface area (Å²) in [6.45, 7) is 0.736. The maximum absolute atomic E-state index is 12.7. The summed E-state index contributed by atoms with van der Waals surface area (Å²) in [5, 5.41) is 0.715. The Balaban J connectivity index is 1.92. The van der Waals surface area contributed by atoms with Crippen LogP contribution in [0.25, 0.3) is 0 Å². The van der Waals surface area contributed by atoms with Crippen molar-refractivity contribution in [1.82, 2.24) is 0 Å². The van der Waals surface area contributed by atoms with E-state index in [-0.39, 0.29) is 5.91 Å². The van der Waals surface area contributed by atoms with E-state index in [1.807, 2.05) is 23.1 Å². The lowest BCUT2D eigenvalue weighted by molar-refractivity contribution is 0.0985. The number of hydrogen-bond acceptors (Lipinski definition) is 2. The van der Waals surface area contributed by atoms with Crippen LogP contribution in [0.15, 0.2) is 42.5 Å². The van der Waals surface area contributed by atoms with Gasteiger partial charge in [0.1, 0.15) is 5.75 Å². The molecule has 4 heteroatoms. The van der Waals surface area contributed by atoms with Gasteiger partial charge in [-0.25, -0.2) is 0 Å². The van der Waals surface area contributed by atoms with Gasteiger partial charge in [-0.2, -0.15) is 0 Å². The molecule has 1 aliphatic heterocycles. The van der Waals surface area contributed by atoms with Gasteiger partial charge in [-0.3, -0.25) is 4.79 Å². The lowest BCUT2D eigenvalue weighted by Crippen LogP contribution is -2.35. The largest absolute Gasteiger partial charge is 0.497 e. The van der Waals surface area contributed by atoms with Crippen molar-refractivity contribution in [2.75, 3.05) is 18.6 Å². The van der Waals surface area contributed by atoms with Crippen molar-refractivity contribution in [3.63, 3.8) is 0 Å². The van der Waals surface area contributed by atoms with Crippen LogP contribution in [0.2, 0.25) is 5.02 Å². The van der Waals surface area contributed by atoms with Gasteiger partial charge >= 0.3 is 0 Å². The second-order valence-corrected chi connectivity index (χ2v) is 5.50. The van der Waals surface area contributed by atoms with Crippen molar-refractivity contribution in [2.45, 2.75) is 12.8 Å². The number of halogens is 1. The number of amides is 1. The second-order valence-electron chi connectivity index (χ2n) is 5.06. The number of ether oxygens (including phenoxy) is 1. The van der Waals surface area contributed by atoms with Gasteiger partial charge in [-0.1, -0.05) is 11.6 Å². The minimum atomic E-state index is 0.0147. The van der Waals surface area contributed by atoms with E-state index < -0.39 is 0 Å². The third-order valence-corrected chi connectivity index (χ3v) is 3.98. The minimum absolute atomic E-state index is 0.0147. The predicted octanol–water partition coefficient (Wildman–Crippen LogP) is 3.94. The fourth-order valence-corrected chi connectivity index (χ4v) is 2.86. The van der Waals surface area contributed by atoms with Crippen LogP contribution in [0.1, 0.15) is 22.3 Å². The van der Waals surface area contributed by atoms with Crippen molar-refractivity contribution in [3.05, 3.63) is 58.6 Å². The number of hydrogen-bond donors (Lipinski definition) is 0. The smallest absolute Gasteiger partial charge is 0.258 e. The zero-order valence-electron chi connectivity index (χ0n) is 11.8. The number of nitrogens with zero attached hydrogens (tertiary/aromatic N) is 1. The summed E-state index contributed by atoms with van der Waals surface area (Å²) < 4.78 is 5.12. The van der Waals surface area contributed by atoms with Crippen molar-refractivity contribution in [3.8, 4) is 5.75 Å². The maximum atomic E-state index is 12.7. The van der Waals surface area contributed by atoms with Crippen molar-refractivity contribution >= 4 is 23.2 Å². The maximum Gasteiger partial charge on any atom is 0.258 e. The second kappa shape index (κ2) is 5.78. The summed E-state index contributed by atoms with van der Waals surface area (Å²) in [5.41, 5.74) is 2.76. The SMILES string of the molecule is COc1ccc(C(=O)N2CCCc3cc(Cl)ccc32)cc1. The van der Waals surface area contributed by atoms with E-state index in [2.05, 4.69) is 0 Å². The van der Waals surface area contributed by atoms with Crippen LogP contribution >= 0.6 is 11.6 Å². The minimum Gasteiger partial charge on any atom is -0.497 e. The van der Waals surface area contributed by atoms with Crippen LogP contribution in [-0.2, 0) is 6.42 Å². The molecule has 0 aromatic heterocycles. The molecule has 108 valence electrons. The summed E-state index contributed by atoms with van der Waals surface area (Å²) >= 11 is 6.04. The summed E-state index contributed by atoms with van der Waals surface area (Å²) in [7, 11) is 1.61. The number of methoxy groups -OCH3 is 1. The van der Waals surface area contributed by atoms with Gasteiger partial charge in [0.15, 0.2) is 0 Å². The van der Waals surface area contributed by atoms with Gasteiger partial charge < -0.3 is 9.64 Å². The quantitative estimate of drug-likeness (QED) is 0.841. The van der Waals surface area contributed by atoms with Crippen molar-refractivity contribution in [1.29, 1.82) is 0 Å². The summed E-state index contributed by atoms with van der Waals surface area (Å²) in [6, 6.07) is 12.9. The van der Waals surface area contributed by atoms with Crippen molar-refractivity contribution in [2.24, 2.45) is 0 Å². The highest BCUT2D eigenvalue weighted by Crippen LogP contribution is 2.30. The molecule has 0 spiro atoms. The van der Waals surface area contributed by atoms with Crippen LogP contribution in [0, 0.1) is 0 Å². The molecule has 0 fully saturated rings. The van der Waals surface area contributed by atoms with Crippen molar-refractivity contribution < 1.29 is 9.53 Å². The molecule has 1 aliphatic rings. The average Bonchev–Trinajstić information content (AvgIpc) is 2.53. The molecule has 0 saturated heterocycles. The van der Waals surface area contributed by atoms with Gasteiger partial charge in [0.05, 0.1) is 7.11 Å². The van der Waals surface area contributed by atoms with Gasteiger partial charge in [0.2, 0.25) is 0 Å². The van der Waals surface area contributed by atoms with Crippen LogP contribution in [0.3, 0.4) is 0 Å². The topological polar surface area (TPSA) is 29.5 Å². The zero-order chi connectivity index (χ0) is 14.8. The Kier molecular flexibility index (Phi) is 3.84. The van der Waals surface area contributed by atoms with E-state index in [1.165, 1.54) is 0 Å². The number of carbonyl (C=O) groups is 1. The van der Waals surface area contributed by atoms with Crippen LogP contribution < -0.4 is 9.64 Å². The lowest BCUT2D eigenvalue weighted by Gasteiger charge is -2.29. The normalized spacial score (nSPS) is 13.7. The number of carbonyl (C=O) groups excluding carboxylic acids is 1. The Labute approximate surface area is 129 Å². The van der Waals surface area contributed by atoms with Crippen LogP contribution in [0.5, 0.6) is 5.75 Å². The van der Waals surface area contributed by atoms with Crippen LogP contribution in [0.4, 0.5) is 5.69 Å². The van der Waals surface area contributed by atoms with E-state index in [0.29, 0.717) is 10.6 Å². The Morgan fingerprint density at radius 2 is 1.95 bits per heavy atom. The molecule has 0 unspecified atom stereocenters. The third kappa shape index (κ3) is 2.74. The van der Waals surface area contributed by atoms with Gasteiger partial charge in [0.25, 0.3) is 5.91 Å². The zero-order valence-corrected chi connectivity index (χ0v) is 12.6. The molecule has 0 aliphatic carbocycles. The molecule has 1 heterocycles. The molecular formula is C17H16ClNO2. The summed E-state index contributed by atoms with van der Waals surface area (Å²) in [5.74, 6) is 0.762. The molecule has 3 rings (SSSR count). The van der Waals surface area contributed by atoms with Gasteiger partial charge in [0, 0.05) is 22.8 Å². The van der Waals surface area contributed by atoms with E-state index in [9.17, 15) is 4.79 Å². The van der Waals surface area contributed by atoms with E-state index in [1.54, 1.807) is 31.4 Å². The molecule has 0 atom stereocenters. The van der Waals surface area contributed by atoms with E-state index in [4.69, 9.17) is 16.3 Å². The fourth-order valence-electron chi connectivity index (χ4n) is 2.67. The molecule has 21 heavy (non-hydrogen) atoms. The Morgan fingerprint density at radius 1 is 1.19 bits per heavy atom. The Hall–Kier alpha value is -2.00. The van der Waals surface area contributed by atoms with E-state index in [0.717, 1.165) is 36.4 Å². The standard InChI is InChI=1S/C17H16ClNO2/c1-21-15-7-4-12(5-8-15)17(20)19-10-2-3-13-11-14(18)6-9-16(13)19/h4-9,11H,2-3,10H2,1H3. The Bertz CT molecular complexity index is 667. The fraction of sp³-hybridized carbons (Fsp3) is 0.235. The highest BCUT2D eigenvalue weighted by atomic mass is 35.5. The van der Waals surface area contributed by atoms with Crippen LogP contribution in [-0.4, -0.2) is 19.6 Å². The number of benzene rings is 2. The summed E-state index contributed by atoms with van der Waals surface area (Å²) in [4.78, 5) is 14.5. The molecule has 1 amide bonds. The predicted molar refractivity (Wildman–Crippen MR) is 84.4 cm³/mol. The monoisotopic (exact) mass is 301 g/mol. The molecule has 0 bridgehead atoms. The number of anilines is 1. The first-order chi connectivity index (χ1) is 10.2. The highest BCUT2D eigenvalue weighted by molar-refractivity contribution is 6.30. The first kappa shape index (κ1) is 14.0. The lowest BCUT2D eigenvalue weighted by atomic mass is 10.0.